The van der Waals surface area contributed by atoms with Crippen molar-refractivity contribution in [1.82, 2.24) is 30.2 Å². The largest absolute Gasteiger partial charge is 0.421 e. The lowest BCUT2D eigenvalue weighted by Gasteiger charge is -2.20. The minimum Gasteiger partial charge on any atom is -0.421 e. The van der Waals surface area contributed by atoms with Crippen LogP contribution in [0.4, 0.5) is 15.9 Å². The van der Waals surface area contributed by atoms with E-state index in [4.69, 9.17) is 9.72 Å². The predicted octanol–water partition coefficient (Wildman–Crippen LogP) is 2.67. The number of nitrogens with one attached hydrogen (secondary N) is 3. The third-order valence-electron chi connectivity index (χ3n) is 6.16. The number of aromatic nitrogens is 5. The molecule has 0 unspecified atom stereocenters. The van der Waals surface area contributed by atoms with Crippen molar-refractivity contribution in [2.24, 2.45) is 5.92 Å². The molecule has 2 saturated heterocycles. The van der Waals surface area contributed by atoms with E-state index in [-0.39, 0.29) is 11.8 Å². The van der Waals surface area contributed by atoms with Gasteiger partial charge in [0.1, 0.15) is 23.6 Å². The van der Waals surface area contributed by atoms with Crippen LogP contribution < -0.4 is 20.3 Å². The number of aromatic amines is 1. The van der Waals surface area contributed by atoms with Gasteiger partial charge < -0.3 is 25.3 Å². The number of rotatable bonds is 4. The SMILES string of the molecule is CNc1cc(F)cc2c1[nH]c1nc(Oc3cncnc3)nc(N3C[C@H]4CCN[C@H]4C3)c12. The Morgan fingerprint density at radius 2 is 2.06 bits per heavy atom. The molecule has 31 heavy (non-hydrogen) atoms. The normalized spacial score (nSPS) is 20.5. The predicted molar refractivity (Wildman–Crippen MR) is 115 cm³/mol. The molecule has 6 rings (SSSR count). The van der Waals surface area contributed by atoms with Crippen LogP contribution in [0.15, 0.2) is 30.9 Å². The maximum atomic E-state index is 14.4. The molecule has 2 atom stereocenters. The summed E-state index contributed by atoms with van der Waals surface area (Å²) < 4.78 is 20.3. The van der Waals surface area contributed by atoms with Crippen molar-refractivity contribution < 1.29 is 9.13 Å². The van der Waals surface area contributed by atoms with E-state index >= 15 is 0 Å². The van der Waals surface area contributed by atoms with Gasteiger partial charge in [-0.15, -0.1) is 0 Å². The third kappa shape index (κ3) is 3.02. The van der Waals surface area contributed by atoms with Crippen molar-refractivity contribution in [3.63, 3.8) is 0 Å². The molecular formula is C21H21FN8O. The van der Waals surface area contributed by atoms with E-state index in [1.807, 2.05) is 0 Å². The molecule has 10 heteroatoms. The van der Waals surface area contributed by atoms with Gasteiger partial charge in [-0.05, 0) is 31.0 Å². The molecule has 0 spiro atoms. The lowest BCUT2D eigenvalue weighted by atomic mass is 10.1. The minimum atomic E-state index is -0.314. The van der Waals surface area contributed by atoms with Gasteiger partial charge in [0.2, 0.25) is 0 Å². The van der Waals surface area contributed by atoms with Crippen molar-refractivity contribution in [3.05, 3.63) is 36.7 Å². The smallest absolute Gasteiger partial charge is 0.326 e. The van der Waals surface area contributed by atoms with Gasteiger partial charge in [-0.1, -0.05) is 0 Å². The van der Waals surface area contributed by atoms with Crippen LogP contribution in [0.3, 0.4) is 0 Å². The van der Waals surface area contributed by atoms with Crippen LogP contribution in [0.25, 0.3) is 21.9 Å². The molecule has 0 bridgehead atoms. The molecule has 0 saturated carbocycles. The molecular weight excluding hydrogens is 399 g/mol. The number of hydrogen-bond donors (Lipinski definition) is 3. The van der Waals surface area contributed by atoms with Gasteiger partial charge in [0.05, 0.1) is 29.0 Å². The molecule has 2 aliphatic rings. The zero-order chi connectivity index (χ0) is 20.9. The Labute approximate surface area is 177 Å². The molecule has 2 aliphatic heterocycles. The Balaban J connectivity index is 1.55. The summed E-state index contributed by atoms with van der Waals surface area (Å²) in [4.78, 5) is 22.9. The summed E-state index contributed by atoms with van der Waals surface area (Å²) in [6.07, 6.45) is 5.70. The van der Waals surface area contributed by atoms with Gasteiger partial charge >= 0.3 is 6.01 Å². The molecule has 4 aromatic rings. The van der Waals surface area contributed by atoms with Gasteiger partial charge in [0.15, 0.2) is 5.75 Å². The van der Waals surface area contributed by atoms with Crippen molar-refractivity contribution in [1.29, 1.82) is 0 Å². The first kappa shape index (κ1) is 18.3. The molecule has 3 N–H and O–H groups in total. The summed E-state index contributed by atoms with van der Waals surface area (Å²) in [5.41, 5.74) is 2.05. The van der Waals surface area contributed by atoms with E-state index < -0.39 is 0 Å². The molecule has 0 aliphatic carbocycles. The second-order valence-corrected chi connectivity index (χ2v) is 7.99. The summed E-state index contributed by atoms with van der Waals surface area (Å²) in [6, 6.07) is 3.63. The van der Waals surface area contributed by atoms with E-state index in [9.17, 15) is 4.39 Å². The van der Waals surface area contributed by atoms with Crippen LogP contribution in [-0.2, 0) is 0 Å². The summed E-state index contributed by atoms with van der Waals surface area (Å²) in [6.45, 7) is 2.78. The fourth-order valence-corrected chi connectivity index (χ4v) is 4.76. The lowest BCUT2D eigenvalue weighted by Crippen LogP contribution is -2.30. The standard InChI is InChI=1S/C21H21FN8O/c1-23-15-5-12(22)4-14-17-19(27-18(14)15)28-21(31-13-6-24-10-25-7-13)29-20(17)30-8-11-2-3-26-16(11)9-30/h4-7,10-11,16,23,26H,2-3,8-9H2,1H3,(H,27,28,29)/t11-,16+/m1/s1. The highest BCUT2D eigenvalue weighted by molar-refractivity contribution is 6.14. The summed E-state index contributed by atoms with van der Waals surface area (Å²) in [7, 11) is 1.77. The summed E-state index contributed by atoms with van der Waals surface area (Å²) in [5, 5.41) is 8.16. The van der Waals surface area contributed by atoms with E-state index in [0.717, 1.165) is 48.2 Å². The zero-order valence-electron chi connectivity index (χ0n) is 16.9. The molecule has 0 radical (unpaired) electrons. The number of hydrogen-bond acceptors (Lipinski definition) is 8. The Hall–Kier alpha value is -3.53. The molecule has 5 heterocycles. The van der Waals surface area contributed by atoms with Crippen LogP contribution in [0.2, 0.25) is 0 Å². The van der Waals surface area contributed by atoms with Crippen LogP contribution >= 0.6 is 0 Å². The topological polar surface area (TPSA) is 104 Å². The van der Waals surface area contributed by atoms with Crippen molar-refractivity contribution >= 4 is 33.4 Å². The van der Waals surface area contributed by atoms with Gasteiger partial charge in [-0.25, -0.2) is 14.4 Å². The number of ether oxygens (including phenoxy) is 1. The number of H-pyrrole nitrogens is 1. The van der Waals surface area contributed by atoms with Gasteiger partial charge in [0.25, 0.3) is 0 Å². The molecule has 1 aromatic carbocycles. The van der Waals surface area contributed by atoms with E-state index in [2.05, 4.69) is 35.5 Å². The zero-order valence-corrected chi connectivity index (χ0v) is 16.9. The second kappa shape index (κ2) is 7.02. The highest BCUT2D eigenvalue weighted by atomic mass is 19.1. The van der Waals surface area contributed by atoms with E-state index in [1.165, 1.54) is 18.5 Å². The molecule has 2 fully saturated rings. The van der Waals surface area contributed by atoms with Gasteiger partial charge in [-0.2, -0.15) is 9.97 Å². The Morgan fingerprint density at radius 1 is 1.19 bits per heavy atom. The highest BCUT2D eigenvalue weighted by Crippen LogP contribution is 2.39. The first-order valence-corrected chi connectivity index (χ1v) is 10.3. The van der Waals surface area contributed by atoms with Crippen LogP contribution in [0, 0.1) is 11.7 Å². The van der Waals surface area contributed by atoms with E-state index in [1.54, 1.807) is 19.4 Å². The quantitative estimate of drug-likeness (QED) is 0.463. The van der Waals surface area contributed by atoms with Crippen LogP contribution in [0.5, 0.6) is 11.8 Å². The average Bonchev–Trinajstić information content (AvgIpc) is 3.46. The Morgan fingerprint density at radius 3 is 2.87 bits per heavy atom. The Bertz CT molecular complexity index is 1270. The second-order valence-electron chi connectivity index (χ2n) is 7.99. The van der Waals surface area contributed by atoms with E-state index in [0.29, 0.717) is 29.0 Å². The molecule has 158 valence electrons. The molecule has 3 aromatic heterocycles. The number of halogens is 1. The lowest BCUT2D eigenvalue weighted by molar-refractivity contribution is 0.439. The summed E-state index contributed by atoms with van der Waals surface area (Å²) >= 11 is 0. The number of benzene rings is 1. The van der Waals surface area contributed by atoms with Crippen LogP contribution in [0.1, 0.15) is 6.42 Å². The van der Waals surface area contributed by atoms with Crippen molar-refractivity contribution in [2.45, 2.75) is 12.5 Å². The number of nitrogens with zero attached hydrogens (tertiary/aromatic N) is 5. The molecule has 9 nitrogen and oxygen atoms in total. The van der Waals surface area contributed by atoms with Gasteiger partial charge in [0, 0.05) is 31.6 Å². The Kier molecular flexibility index (Phi) is 4.13. The number of anilines is 2. The summed E-state index contributed by atoms with van der Waals surface area (Å²) in [5.74, 6) is 1.45. The number of fused-ring (bicyclic) bond motifs is 4. The minimum absolute atomic E-state index is 0.195. The van der Waals surface area contributed by atoms with Gasteiger partial charge in [-0.3, -0.25) is 0 Å². The maximum absolute atomic E-state index is 14.4. The average molecular weight is 420 g/mol. The first-order valence-electron chi connectivity index (χ1n) is 10.3. The first-order chi connectivity index (χ1) is 15.2. The third-order valence-corrected chi connectivity index (χ3v) is 6.16. The highest BCUT2D eigenvalue weighted by Gasteiger charge is 2.37. The fraction of sp³-hybridized carbons (Fsp3) is 0.333. The monoisotopic (exact) mass is 420 g/mol. The van der Waals surface area contributed by atoms with Crippen molar-refractivity contribution in [3.8, 4) is 11.8 Å². The fourth-order valence-electron chi connectivity index (χ4n) is 4.76. The molecule has 0 amide bonds. The maximum Gasteiger partial charge on any atom is 0.326 e. The van der Waals surface area contributed by atoms with Crippen molar-refractivity contribution in [2.75, 3.05) is 36.9 Å². The van der Waals surface area contributed by atoms with Crippen LogP contribution in [-0.4, -0.2) is 57.6 Å².